The standard InChI is InChI=1S/C13H13N3O/c1-10-4-2-3-5-11(10)6-7-13(17)16-12-8-14-15-9-12/h2-9H,1H3,(H,14,15)(H,16,17)/b7-6+. The van der Waals surface area contributed by atoms with Crippen LogP contribution in [0.5, 0.6) is 0 Å². The van der Waals surface area contributed by atoms with E-state index in [1.54, 1.807) is 18.5 Å². The summed E-state index contributed by atoms with van der Waals surface area (Å²) in [7, 11) is 0. The van der Waals surface area contributed by atoms with E-state index in [4.69, 9.17) is 0 Å². The highest BCUT2D eigenvalue weighted by molar-refractivity contribution is 6.01. The average Bonchev–Trinajstić information content (AvgIpc) is 2.81. The van der Waals surface area contributed by atoms with Gasteiger partial charge >= 0.3 is 0 Å². The van der Waals surface area contributed by atoms with E-state index < -0.39 is 0 Å². The van der Waals surface area contributed by atoms with Gasteiger partial charge in [-0.15, -0.1) is 0 Å². The van der Waals surface area contributed by atoms with Crippen LogP contribution >= 0.6 is 0 Å². The van der Waals surface area contributed by atoms with Crippen molar-refractivity contribution in [2.24, 2.45) is 0 Å². The van der Waals surface area contributed by atoms with Gasteiger partial charge in [-0.05, 0) is 24.1 Å². The quantitative estimate of drug-likeness (QED) is 0.791. The summed E-state index contributed by atoms with van der Waals surface area (Å²) in [6.07, 6.45) is 6.49. The van der Waals surface area contributed by atoms with Gasteiger partial charge in [0.05, 0.1) is 11.9 Å². The van der Waals surface area contributed by atoms with Crippen LogP contribution in [0, 0.1) is 6.92 Å². The molecule has 4 heteroatoms. The molecular weight excluding hydrogens is 214 g/mol. The van der Waals surface area contributed by atoms with Crippen LogP contribution in [-0.4, -0.2) is 16.1 Å². The molecule has 2 aromatic rings. The number of hydrogen-bond acceptors (Lipinski definition) is 2. The number of benzene rings is 1. The van der Waals surface area contributed by atoms with Crippen molar-refractivity contribution in [3.8, 4) is 0 Å². The van der Waals surface area contributed by atoms with E-state index in [2.05, 4.69) is 15.5 Å². The number of amides is 1. The third-order valence-electron chi connectivity index (χ3n) is 2.37. The van der Waals surface area contributed by atoms with E-state index in [9.17, 15) is 4.79 Å². The summed E-state index contributed by atoms with van der Waals surface area (Å²) < 4.78 is 0. The molecule has 0 bridgehead atoms. The Morgan fingerprint density at radius 1 is 1.41 bits per heavy atom. The molecule has 4 nitrogen and oxygen atoms in total. The number of carbonyl (C=O) groups is 1. The second-order valence-corrected chi connectivity index (χ2v) is 3.67. The van der Waals surface area contributed by atoms with Gasteiger partial charge in [-0.2, -0.15) is 5.10 Å². The minimum Gasteiger partial charge on any atom is -0.320 e. The van der Waals surface area contributed by atoms with Crippen LogP contribution < -0.4 is 5.32 Å². The van der Waals surface area contributed by atoms with Gasteiger partial charge in [0, 0.05) is 12.3 Å². The molecule has 0 aliphatic heterocycles. The maximum Gasteiger partial charge on any atom is 0.248 e. The molecule has 0 saturated heterocycles. The van der Waals surface area contributed by atoms with Crippen molar-refractivity contribution in [2.75, 3.05) is 5.32 Å². The van der Waals surface area contributed by atoms with E-state index in [1.165, 1.54) is 6.08 Å². The van der Waals surface area contributed by atoms with Crippen molar-refractivity contribution in [2.45, 2.75) is 6.92 Å². The molecule has 17 heavy (non-hydrogen) atoms. The fourth-order valence-corrected chi connectivity index (χ4v) is 1.44. The Labute approximate surface area is 99.4 Å². The van der Waals surface area contributed by atoms with Gasteiger partial charge in [0.15, 0.2) is 0 Å². The van der Waals surface area contributed by atoms with Gasteiger partial charge in [0.2, 0.25) is 5.91 Å². The minimum atomic E-state index is -0.172. The van der Waals surface area contributed by atoms with Crippen molar-refractivity contribution in [1.29, 1.82) is 0 Å². The normalized spacial score (nSPS) is 10.6. The molecule has 86 valence electrons. The van der Waals surface area contributed by atoms with Gasteiger partial charge in [-0.3, -0.25) is 9.89 Å². The van der Waals surface area contributed by atoms with Crippen molar-refractivity contribution in [1.82, 2.24) is 10.2 Å². The minimum absolute atomic E-state index is 0.172. The van der Waals surface area contributed by atoms with Crippen LogP contribution in [0.1, 0.15) is 11.1 Å². The van der Waals surface area contributed by atoms with Gasteiger partial charge < -0.3 is 5.32 Å². The second kappa shape index (κ2) is 5.12. The van der Waals surface area contributed by atoms with Crippen LogP contribution in [0.4, 0.5) is 5.69 Å². The largest absolute Gasteiger partial charge is 0.320 e. The van der Waals surface area contributed by atoms with Crippen LogP contribution in [-0.2, 0) is 4.79 Å². The first-order chi connectivity index (χ1) is 8.25. The Balaban J connectivity index is 2.01. The van der Waals surface area contributed by atoms with E-state index in [0.29, 0.717) is 5.69 Å². The zero-order chi connectivity index (χ0) is 12.1. The highest BCUT2D eigenvalue weighted by atomic mass is 16.1. The highest BCUT2D eigenvalue weighted by Crippen LogP contribution is 2.09. The van der Waals surface area contributed by atoms with Crippen molar-refractivity contribution in [3.05, 3.63) is 53.9 Å². The molecule has 0 saturated carbocycles. The monoisotopic (exact) mass is 227 g/mol. The zero-order valence-electron chi connectivity index (χ0n) is 9.47. The lowest BCUT2D eigenvalue weighted by atomic mass is 10.1. The summed E-state index contributed by atoms with van der Waals surface area (Å²) in [6, 6.07) is 7.89. The van der Waals surface area contributed by atoms with E-state index in [-0.39, 0.29) is 5.91 Å². The Morgan fingerprint density at radius 2 is 2.24 bits per heavy atom. The van der Waals surface area contributed by atoms with Crippen LogP contribution in [0.2, 0.25) is 0 Å². The van der Waals surface area contributed by atoms with Crippen LogP contribution in [0.25, 0.3) is 6.08 Å². The maximum absolute atomic E-state index is 11.6. The molecule has 2 N–H and O–H groups in total. The summed E-state index contributed by atoms with van der Waals surface area (Å²) in [5.74, 6) is -0.172. The molecule has 2 rings (SSSR count). The van der Waals surface area contributed by atoms with E-state index in [0.717, 1.165) is 11.1 Å². The molecule has 1 aromatic heterocycles. The number of anilines is 1. The number of carbonyl (C=O) groups excluding carboxylic acids is 1. The Morgan fingerprint density at radius 3 is 2.94 bits per heavy atom. The van der Waals surface area contributed by atoms with Crippen molar-refractivity contribution >= 4 is 17.7 Å². The number of aromatic nitrogens is 2. The van der Waals surface area contributed by atoms with Crippen molar-refractivity contribution in [3.63, 3.8) is 0 Å². The topological polar surface area (TPSA) is 57.8 Å². The summed E-state index contributed by atoms with van der Waals surface area (Å²) in [5.41, 5.74) is 2.83. The zero-order valence-corrected chi connectivity index (χ0v) is 9.47. The lowest BCUT2D eigenvalue weighted by Gasteiger charge is -1.99. The molecule has 0 aliphatic rings. The van der Waals surface area contributed by atoms with Gasteiger partial charge in [0.25, 0.3) is 0 Å². The van der Waals surface area contributed by atoms with Gasteiger partial charge in [0.1, 0.15) is 0 Å². The number of nitrogens with zero attached hydrogens (tertiary/aromatic N) is 1. The van der Waals surface area contributed by atoms with E-state index in [1.807, 2.05) is 31.2 Å². The lowest BCUT2D eigenvalue weighted by molar-refractivity contribution is -0.111. The molecular formula is C13H13N3O. The number of H-pyrrole nitrogens is 1. The van der Waals surface area contributed by atoms with E-state index >= 15 is 0 Å². The summed E-state index contributed by atoms with van der Waals surface area (Å²) >= 11 is 0. The fourth-order valence-electron chi connectivity index (χ4n) is 1.44. The predicted octanol–water partition coefficient (Wildman–Crippen LogP) is 2.37. The lowest BCUT2D eigenvalue weighted by Crippen LogP contribution is -2.06. The number of aromatic amines is 1. The third kappa shape index (κ3) is 3.04. The van der Waals surface area contributed by atoms with Gasteiger partial charge in [-0.1, -0.05) is 24.3 Å². The Hall–Kier alpha value is -2.36. The predicted molar refractivity (Wildman–Crippen MR) is 67.4 cm³/mol. The number of aryl methyl sites for hydroxylation is 1. The average molecular weight is 227 g/mol. The number of rotatable bonds is 3. The number of hydrogen-bond donors (Lipinski definition) is 2. The van der Waals surface area contributed by atoms with Crippen LogP contribution in [0.3, 0.4) is 0 Å². The van der Waals surface area contributed by atoms with Gasteiger partial charge in [-0.25, -0.2) is 0 Å². The first-order valence-corrected chi connectivity index (χ1v) is 5.29. The summed E-state index contributed by atoms with van der Waals surface area (Å²) in [6.45, 7) is 2.01. The third-order valence-corrected chi connectivity index (χ3v) is 2.37. The molecule has 0 radical (unpaired) electrons. The summed E-state index contributed by atoms with van der Waals surface area (Å²) in [4.78, 5) is 11.6. The summed E-state index contributed by atoms with van der Waals surface area (Å²) in [5, 5.41) is 9.07. The number of nitrogens with one attached hydrogen (secondary N) is 2. The molecule has 1 heterocycles. The van der Waals surface area contributed by atoms with Crippen LogP contribution in [0.15, 0.2) is 42.7 Å². The SMILES string of the molecule is Cc1ccccc1/C=C/C(=O)Nc1cn[nH]c1. The molecule has 1 aromatic carbocycles. The molecule has 1 amide bonds. The molecule has 0 aliphatic carbocycles. The Kier molecular flexibility index (Phi) is 3.35. The first kappa shape index (κ1) is 11.1. The highest BCUT2D eigenvalue weighted by Gasteiger charge is 1.98. The molecule has 0 fully saturated rings. The second-order valence-electron chi connectivity index (χ2n) is 3.67. The first-order valence-electron chi connectivity index (χ1n) is 5.29. The molecule has 0 unspecified atom stereocenters. The fraction of sp³-hybridized carbons (Fsp3) is 0.0769. The van der Waals surface area contributed by atoms with Crippen molar-refractivity contribution < 1.29 is 4.79 Å². The molecule has 0 atom stereocenters. The Bertz CT molecular complexity index is 529. The maximum atomic E-state index is 11.6. The smallest absolute Gasteiger partial charge is 0.248 e. The molecule has 0 spiro atoms.